The number of nitrogens with two attached hydrogens (primary N) is 1. The van der Waals surface area contributed by atoms with Crippen molar-refractivity contribution in [1.29, 1.82) is 0 Å². The first-order chi connectivity index (χ1) is 6.85. The van der Waals surface area contributed by atoms with Crippen LogP contribution in [0, 0.1) is 13.8 Å². The van der Waals surface area contributed by atoms with Gasteiger partial charge in [0.15, 0.2) is 0 Å². The van der Waals surface area contributed by atoms with Gasteiger partial charge in [-0.25, -0.2) is 0 Å². The molecule has 0 aliphatic heterocycles. The molecule has 0 radical (unpaired) electrons. The van der Waals surface area contributed by atoms with Crippen LogP contribution < -0.4 is 10.5 Å². The Morgan fingerprint density at radius 2 is 2.00 bits per heavy atom. The number of hydrogen-bond donors (Lipinski definition) is 1. The van der Waals surface area contributed by atoms with E-state index in [0.717, 1.165) is 0 Å². The van der Waals surface area contributed by atoms with Gasteiger partial charge in [-0.15, -0.1) is 13.2 Å². The van der Waals surface area contributed by atoms with Gasteiger partial charge in [-0.3, -0.25) is 4.98 Å². The van der Waals surface area contributed by atoms with Gasteiger partial charge in [-0.1, -0.05) is 0 Å². The van der Waals surface area contributed by atoms with Crippen molar-refractivity contribution in [3.63, 3.8) is 0 Å². The molecular formula is C9H11F3N2O. The van der Waals surface area contributed by atoms with Crippen molar-refractivity contribution in [2.24, 2.45) is 5.73 Å². The Kier molecular flexibility index (Phi) is 3.18. The Morgan fingerprint density at radius 3 is 2.47 bits per heavy atom. The lowest BCUT2D eigenvalue weighted by molar-refractivity contribution is -0.275. The first-order valence-corrected chi connectivity index (χ1v) is 4.26. The summed E-state index contributed by atoms with van der Waals surface area (Å²) in [6, 6.07) is 0. The second-order valence-corrected chi connectivity index (χ2v) is 3.09. The summed E-state index contributed by atoms with van der Waals surface area (Å²) >= 11 is 0. The molecule has 0 aliphatic carbocycles. The minimum absolute atomic E-state index is 0.0837. The van der Waals surface area contributed by atoms with E-state index in [9.17, 15) is 13.2 Å². The van der Waals surface area contributed by atoms with Gasteiger partial charge in [0.1, 0.15) is 5.75 Å². The van der Waals surface area contributed by atoms with Gasteiger partial charge in [0, 0.05) is 23.9 Å². The van der Waals surface area contributed by atoms with Crippen LogP contribution in [0.4, 0.5) is 13.2 Å². The van der Waals surface area contributed by atoms with Crippen molar-refractivity contribution >= 4 is 0 Å². The Balaban J connectivity index is 3.15. The van der Waals surface area contributed by atoms with E-state index in [-0.39, 0.29) is 12.3 Å². The van der Waals surface area contributed by atoms with E-state index in [4.69, 9.17) is 5.73 Å². The molecule has 1 heterocycles. The fourth-order valence-corrected chi connectivity index (χ4v) is 1.24. The molecule has 2 N–H and O–H groups in total. The molecule has 3 nitrogen and oxygen atoms in total. The molecule has 84 valence electrons. The Morgan fingerprint density at radius 1 is 1.40 bits per heavy atom. The third-order valence-corrected chi connectivity index (χ3v) is 1.96. The van der Waals surface area contributed by atoms with Gasteiger partial charge >= 0.3 is 6.36 Å². The van der Waals surface area contributed by atoms with Gasteiger partial charge in [-0.2, -0.15) is 0 Å². The third-order valence-electron chi connectivity index (χ3n) is 1.96. The molecule has 0 amide bonds. The number of nitrogens with zero attached hydrogens (tertiary/aromatic N) is 1. The van der Waals surface area contributed by atoms with Crippen LogP contribution in [0.1, 0.15) is 16.8 Å². The molecule has 0 bridgehead atoms. The minimum Gasteiger partial charge on any atom is -0.405 e. The van der Waals surface area contributed by atoms with E-state index < -0.39 is 6.36 Å². The molecule has 1 aromatic heterocycles. The predicted molar refractivity (Wildman–Crippen MR) is 48.3 cm³/mol. The number of hydrogen-bond acceptors (Lipinski definition) is 3. The van der Waals surface area contributed by atoms with Crippen LogP contribution in [0.15, 0.2) is 6.20 Å². The van der Waals surface area contributed by atoms with Gasteiger partial charge in [0.2, 0.25) is 0 Å². The molecule has 0 saturated carbocycles. The van der Waals surface area contributed by atoms with Gasteiger partial charge in [-0.05, 0) is 13.8 Å². The number of alkyl halides is 3. The van der Waals surface area contributed by atoms with Crippen LogP contribution in [-0.2, 0) is 6.54 Å². The van der Waals surface area contributed by atoms with E-state index in [2.05, 4.69) is 9.72 Å². The summed E-state index contributed by atoms with van der Waals surface area (Å²) < 4.78 is 40.1. The van der Waals surface area contributed by atoms with Crippen LogP contribution in [0.3, 0.4) is 0 Å². The summed E-state index contributed by atoms with van der Waals surface area (Å²) in [4.78, 5) is 3.91. The van der Waals surface area contributed by atoms with E-state index in [1.54, 1.807) is 0 Å². The summed E-state index contributed by atoms with van der Waals surface area (Å²) in [6.07, 6.45) is -3.38. The SMILES string of the molecule is Cc1cnc(CN)c(C)c1OC(F)(F)F. The maximum atomic E-state index is 12.1. The summed E-state index contributed by atoms with van der Waals surface area (Å²) in [5.41, 5.74) is 6.40. The second-order valence-electron chi connectivity index (χ2n) is 3.09. The van der Waals surface area contributed by atoms with Crippen LogP contribution in [-0.4, -0.2) is 11.3 Å². The van der Waals surface area contributed by atoms with Crippen LogP contribution in [0.2, 0.25) is 0 Å². The molecule has 0 saturated heterocycles. The molecule has 1 rings (SSSR count). The van der Waals surface area contributed by atoms with E-state index in [1.165, 1.54) is 20.0 Å². The quantitative estimate of drug-likeness (QED) is 0.829. The van der Waals surface area contributed by atoms with Crippen molar-refractivity contribution in [2.45, 2.75) is 26.8 Å². The highest BCUT2D eigenvalue weighted by Crippen LogP contribution is 2.30. The molecular weight excluding hydrogens is 209 g/mol. The average Bonchev–Trinajstić information content (AvgIpc) is 2.11. The highest BCUT2D eigenvalue weighted by molar-refractivity contribution is 5.41. The van der Waals surface area contributed by atoms with E-state index >= 15 is 0 Å². The topological polar surface area (TPSA) is 48.1 Å². The molecule has 0 aliphatic rings. The molecule has 15 heavy (non-hydrogen) atoms. The number of ether oxygens (including phenoxy) is 1. The molecule has 0 aromatic carbocycles. The van der Waals surface area contributed by atoms with E-state index in [0.29, 0.717) is 16.8 Å². The van der Waals surface area contributed by atoms with Crippen molar-refractivity contribution in [3.8, 4) is 5.75 Å². The normalized spacial score (nSPS) is 11.6. The zero-order valence-corrected chi connectivity index (χ0v) is 8.35. The lowest BCUT2D eigenvalue weighted by atomic mass is 10.1. The molecule has 0 fully saturated rings. The lowest BCUT2D eigenvalue weighted by Crippen LogP contribution is -2.19. The van der Waals surface area contributed by atoms with Crippen molar-refractivity contribution in [2.75, 3.05) is 0 Å². The molecule has 0 spiro atoms. The smallest absolute Gasteiger partial charge is 0.405 e. The number of halogens is 3. The van der Waals surface area contributed by atoms with Crippen molar-refractivity contribution in [3.05, 3.63) is 23.0 Å². The molecule has 1 aromatic rings. The Bertz CT molecular complexity index is 363. The summed E-state index contributed by atoms with van der Waals surface area (Å²) in [7, 11) is 0. The highest BCUT2D eigenvalue weighted by Gasteiger charge is 2.32. The average molecular weight is 220 g/mol. The first kappa shape index (κ1) is 11.8. The molecule has 0 atom stereocenters. The monoisotopic (exact) mass is 220 g/mol. The maximum Gasteiger partial charge on any atom is 0.573 e. The van der Waals surface area contributed by atoms with Gasteiger partial charge in [0.25, 0.3) is 0 Å². The van der Waals surface area contributed by atoms with Crippen molar-refractivity contribution < 1.29 is 17.9 Å². The highest BCUT2D eigenvalue weighted by atomic mass is 19.4. The molecule has 0 unspecified atom stereocenters. The zero-order chi connectivity index (χ0) is 11.6. The number of aryl methyl sites for hydroxylation is 1. The maximum absolute atomic E-state index is 12.1. The number of aromatic nitrogens is 1. The number of rotatable bonds is 2. The molecule has 6 heteroatoms. The summed E-state index contributed by atoms with van der Waals surface area (Å²) in [6.45, 7) is 3.09. The third kappa shape index (κ3) is 2.82. The zero-order valence-electron chi connectivity index (χ0n) is 8.35. The standard InChI is InChI=1S/C9H11F3N2O/c1-5-4-14-7(3-13)6(2)8(5)15-9(10,11)12/h4H,3,13H2,1-2H3. The largest absolute Gasteiger partial charge is 0.573 e. The first-order valence-electron chi connectivity index (χ1n) is 4.26. The number of pyridine rings is 1. The Hall–Kier alpha value is -1.30. The van der Waals surface area contributed by atoms with Crippen LogP contribution in [0.5, 0.6) is 5.75 Å². The fourth-order valence-electron chi connectivity index (χ4n) is 1.24. The summed E-state index contributed by atoms with van der Waals surface area (Å²) in [5, 5.41) is 0. The van der Waals surface area contributed by atoms with E-state index in [1.807, 2.05) is 0 Å². The predicted octanol–water partition coefficient (Wildman–Crippen LogP) is 2.06. The Labute approximate surface area is 85.1 Å². The second kappa shape index (κ2) is 4.06. The minimum atomic E-state index is -4.69. The lowest BCUT2D eigenvalue weighted by Gasteiger charge is -2.15. The van der Waals surface area contributed by atoms with Crippen LogP contribution >= 0.6 is 0 Å². The summed E-state index contributed by atoms with van der Waals surface area (Å²) in [5.74, 6) is -0.210. The van der Waals surface area contributed by atoms with Crippen molar-refractivity contribution in [1.82, 2.24) is 4.98 Å². The van der Waals surface area contributed by atoms with Gasteiger partial charge in [0.05, 0.1) is 5.69 Å². The fraction of sp³-hybridized carbons (Fsp3) is 0.444. The van der Waals surface area contributed by atoms with Crippen LogP contribution in [0.25, 0.3) is 0 Å². The van der Waals surface area contributed by atoms with Gasteiger partial charge < -0.3 is 10.5 Å².